The van der Waals surface area contributed by atoms with Crippen molar-refractivity contribution < 1.29 is 0 Å². The predicted octanol–water partition coefficient (Wildman–Crippen LogP) is 4.31. The van der Waals surface area contributed by atoms with Crippen LogP contribution in [0.3, 0.4) is 0 Å². The maximum atomic E-state index is 6.14. The molecule has 2 aliphatic rings. The number of guanidine groups is 1. The fourth-order valence-electron chi connectivity index (χ4n) is 2.28. The Balaban J connectivity index is 1.84. The van der Waals surface area contributed by atoms with Crippen molar-refractivity contribution in [2.45, 2.75) is 36.6 Å². The first-order valence-electron chi connectivity index (χ1n) is 5.99. The van der Waals surface area contributed by atoms with E-state index < -0.39 is 0 Å². The topological polar surface area (TPSA) is 36.4 Å². The molecule has 3 rings (SSSR count). The zero-order valence-electron chi connectivity index (χ0n) is 9.67. The standard InChI is InChI=1S/C12H13Cl2N3S/c13-7-5-9(14)11-10(6-7)16-12(17-18-11)15-8-3-1-2-4-8/h5-6,8H,1-4H2,(H2,15,16,17). The number of anilines is 1. The van der Waals surface area contributed by atoms with Crippen LogP contribution in [0.25, 0.3) is 0 Å². The molecule has 1 aliphatic carbocycles. The number of hydrogen-bond acceptors (Lipinski definition) is 2. The number of nitrogens with one attached hydrogen (secondary N) is 2. The third kappa shape index (κ3) is 2.56. The quantitative estimate of drug-likeness (QED) is 0.759. The third-order valence-electron chi connectivity index (χ3n) is 3.15. The van der Waals surface area contributed by atoms with Crippen molar-refractivity contribution in [2.24, 2.45) is 4.99 Å². The van der Waals surface area contributed by atoms with Crippen LogP contribution >= 0.6 is 35.1 Å². The largest absolute Gasteiger partial charge is 0.324 e. The monoisotopic (exact) mass is 301 g/mol. The summed E-state index contributed by atoms with van der Waals surface area (Å²) in [6.45, 7) is 0. The van der Waals surface area contributed by atoms with Crippen molar-refractivity contribution in [2.75, 3.05) is 5.32 Å². The van der Waals surface area contributed by atoms with E-state index in [-0.39, 0.29) is 0 Å². The summed E-state index contributed by atoms with van der Waals surface area (Å²) >= 11 is 13.6. The molecule has 0 amide bonds. The maximum Gasteiger partial charge on any atom is 0.206 e. The molecule has 0 unspecified atom stereocenters. The third-order valence-corrected chi connectivity index (χ3v) is 4.72. The first-order valence-corrected chi connectivity index (χ1v) is 7.56. The summed E-state index contributed by atoms with van der Waals surface area (Å²) in [6, 6.07) is 4.06. The van der Waals surface area contributed by atoms with Crippen molar-refractivity contribution in [1.29, 1.82) is 0 Å². The molecule has 1 aromatic carbocycles. The summed E-state index contributed by atoms with van der Waals surface area (Å²) in [5.41, 5.74) is 0.924. The van der Waals surface area contributed by atoms with Gasteiger partial charge in [0.2, 0.25) is 5.96 Å². The Bertz CT molecular complexity index is 498. The average Bonchev–Trinajstić information content (AvgIpc) is 2.81. The molecule has 1 fully saturated rings. The summed E-state index contributed by atoms with van der Waals surface area (Å²) in [5, 5.41) is 4.54. The van der Waals surface area contributed by atoms with Crippen molar-refractivity contribution in [3.05, 3.63) is 22.2 Å². The summed E-state index contributed by atoms with van der Waals surface area (Å²) in [4.78, 5) is 5.64. The molecule has 1 saturated carbocycles. The fraction of sp³-hybridized carbons (Fsp3) is 0.417. The van der Waals surface area contributed by atoms with E-state index in [2.05, 4.69) is 15.0 Å². The first kappa shape index (κ1) is 12.5. The second kappa shape index (κ2) is 5.19. The first-order chi connectivity index (χ1) is 8.72. The van der Waals surface area contributed by atoms with Gasteiger partial charge < -0.3 is 5.32 Å². The predicted molar refractivity (Wildman–Crippen MR) is 78.8 cm³/mol. The van der Waals surface area contributed by atoms with Crippen LogP contribution in [0.1, 0.15) is 25.7 Å². The number of aliphatic imine (C=N–C) groups is 1. The van der Waals surface area contributed by atoms with Crippen molar-refractivity contribution in [1.82, 2.24) is 4.72 Å². The lowest BCUT2D eigenvalue weighted by atomic mass is 10.3. The van der Waals surface area contributed by atoms with E-state index in [1.807, 2.05) is 6.07 Å². The van der Waals surface area contributed by atoms with E-state index in [9.17, 15) is 0 Å². The molecular weight excluding hydrogens is 289 g/mol. The number of benzene rings is 1. The Morgan fingerprint density at radius 1 is 1.22 bits per heavy atom. The van der Waals surface area contributed by atoms with Crippen LogP contribution < -0.4 is 10.0 Å². The number of nitrogens with zero attached hydrogens (tertiary/aromatic N) is 1. The van der Waals surface area contributed by atoms with Gasteiger partial charge in [0.25, 0.3) is 0 Å². The Labute approximate surface area is 120 Å². The molecular formula is C12H13Cl2N3S. The highest BCUT2D eigenvalue weighted by Gasteiger charge is 2.20. The van der Waals surface area contributed by atoms with Gasteiger partial charge in [-0.05, 0) is 36.9 Å². The molecule has 0 bridgehead atoms. The Morgan fingerprint density at radius 2 is 2.00 bits per heavy atom. The molecule has 96 valence electrons. The van der Waals surface area contributed by atoms with Gasteiger partial charge in [-0.2, -0.15) is 0 Å². The van der Waals surface area contributed by atoms with E-state index >= 15 is 0 Å². The van der Waals surface area contributed by atoms with Crippen LogP contribution in [-0.2, 0) is 0 Å². The van der Waals surface area contributed by atoms with Gasteiger partial charge in [-0.1, -0.05) is 36.0 Å². The fourth-order valence-corrected chi connectivity index (χ4v) is 3.57. The highest BCUT2D eigenvalue weighted by molar-refractivity contribution is 7.98. The zero-order valence-corrected chi connectivity index (χ0v) is 12.0. The minimum Gasteiger partial charge on any atom is -0.324 e. The molecule has 6 heteroatoms. The average molecular weight is 302 g/mol. The molecule has 0 spiro atoms. The SMILES string of the molecule is Clc1cc(Cl)c2c(c1)NC(=NC1CCCC1)NS2. The number of fused-ring (bicyclic) bond motifs is 1. The lowest BCUT2D eigenvalue weighted by Gasteiger charge is -2.22. The molecule has 0 saturated heterocycles. The molecule has 3 nitrogen and oxygen atoms in total. The van der Waals surface area contributed by atoms with Gasteiger partial charge in [0.15, 0.2) is 0 Å². The molecule has 1 heterocycles. The van der Waals surface area contributed by atoms with Gasteiger partial charge in [-0.15, -0.1) is 0 Å². The molecule has 0 radical (unpaired) electrons. The molecule has 0 aromatic heterocycles. The summed E-state index contributed by atoms with van der Waals surface area (Å²) < 4.78 is 3.19. The van der Waals surface area contributed by atoms with Gasteiger partial charge >= 0.3 is 0 Å². The lowest BCUT2D eigenvalue weighted by Crippen LogP contribution is -2.30. The van der Waals surface area contributed by atoms with Gasteiger partial charge in [0, 0.05) is 5.02 Å². The summed E-state index contributed by atoms with van der Waals surface area (Å²) in [6.07, 6.45) is 4.92. The van der Waals surface area contributed by atoms with Gasteiger partial charge in [-0.25, -0.2) is 4.99 Å². The zero-order chi connectivity index (χ0) is 12.5. The number of halogens is 2. The highest BCUT2D eigenvalue weighted by Crippen LogP contribution is 2.38. The molecule has 18 heavy (non-hydrogen) atoms. The molecule has 2 N–H and O–H groups in total. The second-order valence-corrected chi connectivity index (χ2v) is 6.17. The minimum absolute atomic E-state index is 0.441. The summed E-state index contributed by atoms with van der Waals surface area (Å²) in [5.74, 6) is 0.803. The molecule has 1 aliphatic heterocycles. The second-order valence-electron chi connectivity index (χ2n) is 4.51. The Kier molecular flexibility index (Phi) is 3.59. The lowest BCUT2D eigenvalue weighted by molar-refractivity contribution is 0.704. The number of rotatable bonds is 1. The van der Waals surface area contributed by atoms with Crippen LogP contribution in [0, 0.1) is 0 Å². The van der Waals surface area contributed by atoms with Crippen LogP contribution in [0.5, 0.6) is 0 Å². The number of hydrogen-bond donors (Lipinski definition) is 2. The van der Waals surface area contributed by atoms with Crippen molar-refractivity contribution in [3.8, 4) is 0 Å². The van der Waals surface area contributed by atoms with Crippen LogP contribution in [-0.4, -0.2) is 12.0 Å². The van der Waals surface area contributed by atoms with E-state index in [1.165, 1.54) is 37.6 Å². The van der Waals surface area contributed by atoms with Gasteiger partial charge in [0.1, 0.15) is 0 Å². The Morgan fingerprint density at radius 3 is 2.78 bits per heavy atom. The van der Waals surface area contributed by atoms with E-state index in [4.69, 9.17) is 23.2 Å². The Hall–Kier alpha value is -0.580. The van der Waals surface area contributed by atoms with Crippen LogP contribution in [0.15, 0.2) is 22.0 Å². The van der Waals surface area contributed by atoms with E-state index in [0.717, 1.165) is 16.5 Å². The minimum atomic E-state index is 0.441. The normalized spacial score (nSPS) is 21.6. The van der Waals surface area contributed by atoms with Crippen molar-refractivity contribution in [3.63, 3.8) is 0 Å². The van der Waals surface area contributed by atoms with Gasteiger partial charge in [0.05, 0.1) is 21.6 Å². The van der Waals surface area contributed by atoms with E-state index in [1.54, 1.807) is 6.07 Å². The van der Waals surface area contributed by atoms with Gasteiger partial charge in [-0.3, -0.25) is 4.72 Å². The highest BCUT2D eigenvalue weighted by atomic mass is 35.5. The molecule has 0 atom stereocenters. The summed E-state index contributed by atoms with van der Waals surface area (Å²) in [7, 11) is 0. The van der Waals surface area contributed by atoms with E-state index in [0.29, 0.717) is 16.1 Å². The maximum absolute atomic E-state index is 6.14. The smallest absolute Gasteiger partial charge is 0.206 e. The van der Waals surface area contributed by atoms with Crippen LogP contribution in [0.2, 0.25) is 10.0 Å². The molecule has 1 aromatic rings. The van der Waals surface area contributed by atoms with Crippen molar-refractivity contribution >= 4 is 46.8 Å². The van der Waals surface area contributed by atoms with Crippen LogP contribution in [0.4, 0.5) is 5.69 Å².